The molecule has 1 atom stereocenters. The standard InChI is InChI=1S/C25H24N2O6/c1-4-20(28)22-14-8-13(32-3)6-7-18(14)26-23-15(22)11-27-19(23)9-17-16(24(27)30)12-33-21(29)10-25(17,31)5-2/h6-9,31H,4-5,10-12H2,1-3H3. The number of fused-ring (bicyclic) bond motifs is 5. The summed E-state index contributed by atoms with van der Waals surface area (Å²) in [6.07, 6.45) is 0.322. The van der Waals surface area contributed by atoms with E-state index in [9.17, 15) is 19.5 Å². The fourth-order valence-electron chi connectivity index (χ4n) is 4.88. The van der Waals surface area contributed by atoms with E-state index in [4.69, 9.17) is 14.5 Å². The molecule has 0 spiro atoms. The number of methoxy groups -OCH3 is 1. The van der Waals surface area contributed by atoms with Crippen LogP contribution in [0.3, 0.4) is 0 Å². The molecule has 2 aliphatic rings. The van der Waals surface area contributed by atoms with E-state index in [0.29, 0.717) is 51.2 Å². The molecule has 2 aromatic heterocycles. The van der Waals surface area contributed by atoms with E-state index in [1.165, 1.54) is 0 Å². The fraction of sp³-hybridized carbons (Fsp3) is 0.360. The van der Waals surface area contributed by atoms with E-state index in [2.05, 4.69) is 0 Å². The maximum atomic E-state index is 13.5. The van der Waals surface area contributed by atoms with Crippen molar-refractivity contribution in [3.8, 4) is 17.1 Å². The second-order valence-electron chi connectivity index (χ2n) is 8.51. The molecule has 1 aromatic carbocycles. The second-order valence-corrected chi connectivity index (χ2v) is 8.51. The summed E-state index contributed by atoms with van der Waals surface area (Å²) in [5, 5.41) is 11.9. The molecule has 33 heavy (non-hydrogen) atoms. The van der Waals surface area contributed by atoms with Crippen molar-refractivity contribution >= 4 is 22.7 Å². The van der Waals surface area contributed by atoms with Gasteiger partial charge < -0.3 is 19.1 Å². The molecule has 5 rings (SSSR count). The Labute approximate surface area is 189 Å². The smallest absolute Gasteiger partial charge is 0.309 e. The van der Waals surface area contributed by atoms with Gasteiger partial charge in [-0.1, -0.05) is 13.8 Å². The zero-order valence-electron chi connectivity index (χ0n) is 18.7. The minimum atomic E-state index is -1.51. The Morgan fingerprint density at radius 1 is 1.24 bits per heavy atom. The van der Waals surface area contributed by atoms with E-state index in [0.717, 1.165) is 0 Å². The summed E-state index contributed by atoms with van der Waals surface area (Å²) in [6, 6.07) is 7.10. The summed E-state index contributed by atoms with van der Waals surface area (Å²) >= 11 is 0. The summed E-state index contributed by atoms with van der Waals surface area (Å²) in [7, 11) is 1.56. The molecule has 170 valence electrons. The molecule has 3 aromatic rings. The van der Waals surface area contributed by atoms with Crippen LogP contribution in [0.2, 0.25) is 0 Å². The highest BCUT2D eigenvalue weighted by atomic mass is 16.5. The van der Waals surface area contributed by atoms with Gasteiger partial charge in [0.05, 0.1) is 42.5 Å². The average Bonchev–Trinajstić information content (AvgIpc) is 3.12. The number of benzene rings is 1. The number of pyridine rings is 2. The molecule has 0 saturated carbocycles. The van der Waals surface area contributed by atoms with E-state index >= 15 is 0 Å². The van der Waals surface area contributed by atoms with Gasteiger partial charge in [-0.2, -0.15) is 0 Å². The van der Waals surface area contributed by atoms with Crippen LogP contribution in [0, 0.1) is 0 Å². The van der Waals surface area contributed by atoms with Crippen LogP contribution in [0.15, 0.2) is 29.1 Å². The lowest BCUT2D eigenvalue weighted by Gasteiger charge is -2.26. The number of carbonyl (C=O) groups excluding carboxylic acids is 2. The third-order valence-corrected chi connectivity index (χ3v) is 6.75. The minimum Gasteiger partial charge on any atom is -0.497 e. The van der Waals surface area contributed by atoms with Crippen LogP contribution < -0.4 is 10.3 Å². The quantitative estimate of drug-likeness (QED) is 0.378. The molecule has 0 amide bonds. The lowest BCUT2D eigenvalue weighted by molar-refractivity contribution is -0.149. The number of aliphatic hydroxyl groups is 1. The molecule has 0 aliphatic carbocycles. The molecular formula is C25H24N2O6. The van der Waals surface area contributed by atoms with Crippen molar-refractivity contribution in [1.29, 1.82) is 0 Å². The number of cyclic esters (lactones) is 1. The van der Waals surface area contributed by atoms with Crippen LogP contribution in [0.25, 0.3) is 22.3 Å². The molecule has 1 unspecified atom stereocenters. The maximum absolute atomic E-state index is 13.5. The van der Waals surface area contributed by atoms with Crippen molar-refractivity contribution in [3.63, 3.8) is 0 Å². The third-order valence-electron chi connectivity index (χ3n) is 6.75. The number of hydrogen-bond donors (Lipinski definition) is 1. The molecule has 0 saturated heterocycles. The van der Waals surface area contributed by atoms with Gasteiger partial charge in [-0.25, -0.2) is 4.98 Å². The van der Waals surface area contributed by atoms with Gasteiger partial charge in [0, 0.05) is 22.9 Å². The maximum Gasteiger partial charge on any atom is 0.309 e. The number of carbonyl (C=O) groups is 2. The van der Waals surface area contributed by atoms with Crippen LogP contribution in [0.1, 0.15) is 60.2 Å². The van der Waals surface area contributed by atoms with E-state index in [1.54, 1.807) is 49.8 Å². The van der Waals surface area contributed by atoms with Gasteiger partial charge in [0.1, 0.15) is 18.0 Å². The fourth-order valence-corrected chi connectivity index (χ4v) is 4.88. The molecule has 0 fully saturated rings. The van der Waals surface area contributed by atoms with Crippen LogP contribution in [0.4, 0.5) is 0 Å². The Balaban J connectivity index is 1.83. The van der Waals surface area contributed by atoms with Gasteiger partial charge in [-0.3, -0.25) is 14.4 Å². The van der Waals surface area contributed by atoms with Gasteiger partial charge in [0.2, 0.25) is 0 Å². The number of nitrogens with zero attached hydrogens (tertiary/aromatic N) is 2. The zero-order chi connectivity index (χ0) is 23.5. The summed E-state index contributed by atoms with van der Waals surface area (Å²) < 4.78 is 12.1. The minimum absolute atomic E-state index is 0.0479. The first-order valence-corrected chi connectivity index (χ1v) is 11.0. The van der Waals surface area contributed by atoms with Crippen molar-refractivity contribution in [3.05, 3.63) is 56.9 Å². The van der Waals surface area contributed by atoms with Gasteiger partial charge in [0.25, 0.3) is 5.56 Å². The molecule has 0 radical (unpaired) electrons. The van der Waals surface area contributed by atoms with Crippen molar-refractivity contribution < 1.29 is 24.2 Å². The molecule has 2 aliphatic heterocycles. The Morgan fingerprint density at radius 3 is 2.73 bits per heavy atom. The summed E-state index contributed by atoms with van der Waals surface area (Å²) in [4.78, 5) is 43.5. The molecule has 8 heteroatoms. The van der Waals surface area contributed by atoms with E-state index in [1.807, 2.05) is 0 Å². The number of Topliss-reactive ketones (excluding diaryl/α,β-unsaturated/α-hetero) is 1. The monoisotopic (exact) mass is 448 g/mol. The number of ether oxygens (including phenoxy) is 2. The largest absolute Gasteiger partial charge is 0.497 e. The Bertz CT molecular complexity index is 1410. The third kappa shape index (κ3) is 3.08. The van der Waals surface area contributed by atoms with Crippen molar-refractivity contribution in [2.24, 2.45) is 0 Å². The number of ketones is 1. The SMILES string of the molecule is CCC(=O)c1c2c(nc3ccc(OC)cc13)-c1cc3c(c(=O)n1C2)COC(=O)CC3(O)CC. The van der Waals surface area contributed by atoms with E-state index in [-0.39, 0.29) is 42.9 Å². The molecule has 0 bridgehead atoms. The Morgan fingerprint density at radius 2 is 2.03 bits per heavy atom. The predicted octanol–water partition coefficient (Wildman–Crippen LogP) is 3.07. The summed E-state index contributed by atoms with van der Waals surface area (Å²) in [5.41, 5.74) is 1.69. The molecule has 4 heterocycles. The van der Waals surface area contributed by atoms with E-state index < -0.39 is 11.6 Å². The Kier molecular flexibility index (Phi) is 4.86. The average molecular weight is 448 g/mol. The predicted molar refractivity (Wildman–Crippen MR) is 120 cm³/mol. The highest BCUT2D eigenvalue weighted by Crippen LogP contribution is 2.41. The van der Waals surface area contributed by atoms with Gasteiger partial charge in [-0.05, 0) is 36.2 Å². The molecule has 8 nitrogen and oxygen atoms in total. The van der Waals surface area contributed by atoms with Gasteiger partial charge in [0.15, 0.2) is 5.78 Å². The molecular weight excluding hydrogens is 424 g/mol. The number of rotatable bonds is 4. The summed E-state index contributed by atoms with van der Waals surface area (Å²) in [6.45, 7) is 3.54. The highest BCUT2D eigenvalue weighted by molar-refractivity contribution is 6.10. The lowest BCUT2D eigenvalue weighted by atomic mass is 9.85. The number of hydrogen-bond acceptors (Lipinski definition) is 7. The number of aromatic nitrogens is 2. The Hall–Kier alpha value is -3.52. The van der Waals surface area contributed by atoms with Crippen LogP contribution >= 0.6 is 0 Å². The lowest BCUT2D eigenvalue weighted by Crippen LogP contribution is -2.32. The van der Waals surface area contributed by atoms with Crippen LogP contribution in [-0.2, 0) is 28.3 Å². The first-order chi connectivity index (χ1) is 15.8. The molecule has 1 N–H and O–H groups in total. The van der Waals surface area contributed by atoms with Crippen LogP contribution in [0.5, 0.6) is 5.75 Å². The van der Waals surface area contributed by atoms with Crippen molar-refractivity contribution in [2.75, 3.05) is 7.11 Å². The normalized spacial score (nSPS) is 18.8. The van der Waals surface area contributed by atoms with Crippen molar-refractivity contribution in [1.82, 2.24) is 9.55 Å². The first kappa shape index (κ1) is 21.3. The second kappa shape index (κ2) is 7.52. The van der Waals surface area contributed by atoms with Gasteiger partial charge in [-0.15, -0.1) is 0 Å². The summed E-state index contributed by atoms with van der Waals surface area (Å²) in [5.74, 6) is 0.0198. The van der Waals surface area contributed by atoms with Crippen LogP contribution in [-0.4, -0.2) is 33.5 Å². The topological polar surface area (TPSA) is 108 Å². The zero-order valence-corrected chi connectivity index (χ0v) is 18.7. The highest BCUT2D eigenvalue weighted by Gasteiger charge is 2.40. The van der Waals surface area contributed by atoms with Crippen molar-refractivity contribution in [2.45, 2.75) is 51.9 Å². The number of esters is 1. The first-order valence-electron chi connectivity index (χ1n) is 11.0. The van der Waals surface area contributed by atoms with Gasteiger partial charge >= 0.3 is 5.97 Å².